The van der Waals surface area contributed by atoms with Crippen LogP contribution in [0.5, 0.6) is 0 Å². The van der Waals surface area contributed by atoms with Crippen LogP contribution in [0.4, 0.5) is 0 Å². The lowest BCUT2D eigenvalue weighted by Gasteiger charge is -2.51. The fraction of sp³-hybridized carbons (Fsp3) is 0.846. The van der Waals surface area contributed by atoms with Gasteiger partial charge < -0.3 is 9.64 Å². The van der Waals surface area contributed by atoms with E-state index in [2.05, 4.69) is 53.0 Å². The van der Waals surface area contributed by atoms with Crippen molar-refractivity contribution in [1.29, 1.82) is 0 Å². The van der Waals surface area contributed by atoms with Crippen LogP contribution in [0.1, 0.15) is 48.0 Å². The Hall–Kier alpha value is -0.660. The molecule has 0 aromatic carbocycles. The Morgan fingerprint density at radius 2 is 1.73 bits per heavy atom. The molecule has 0 aromatic heterocycles. The summed E-state index contributed by atoms with van der Waals surface area (Å²) in [7, 11) is 0. The molecule has 0 spiro atoms. The number of rotatable bonds is 0. The van der Waals surface area contributed by atoms with Crippen LogP contribution >= 0.6 is 0 Å². The van der Waals surface area contributed by atoms with Crippen molar-refractivity contribution in [3.8, 4) is 0 Å². The number of ether oxygens (including phenoxy) is 1. The third kappa shape index (κ3) is 2.67. The van der Waals surface area contributed by atoms with Crippen molar-refractivity contribution < 1.29 is 4.74 Å². The molecule has 1 aliphatic rings. The molecule has 1 fully saturated rings. The molecule has 0 amide bonds. The van der Waals surface area contributed by atoms with Gasteiger partial charge in [-0.1, -0.05) is 20.8 Å². The van der Waals surface area contributed by atoms with Crippen LogP contribution in [0.3, 0.4) is 0 Å². The quantitative estimate of drug-likeness (QED) is 0.609. The van der Waals surface area contributed by atoms with Crippen molar-refractivity contribution in [3.05, 3.63) is 12.5 Å². The lowest BCUT2D eigenvalue weighted by atomic mass is 9.81. The summed E-state index contributed by atoms with van der Waals surface area (Å²) < 4.78 is 5.57. The average Bonchev–Trinajstić information content (AvgIpc) is 1.99. The van der Waals surface area contributed by atoms with Crippen molar-refractivity contribution in [1.82, 2.24) is 4.90 Å². The van der Waals surface area contributed by atoms with Gasteiger partial charge in [0.15, 0.2) is 5.88 Å². The molecule has 88 valence electrons. The first-order chi connectivity index (χ1) is 6.64. The predicted octanol–water partition coefficient (Wildman–Crippen LogP) is 3.39. The summed E-state index contributed by atoms with van der Waals surface area (Å²) in [5.74, 6) is 0.827. The minimum Gasteiger partial charge on any atom is -0.479 e. The topological polar surface area (TPSA) is 12.5 Å². The van der Waals surface area contributed by atoms with Crippen molar-refractivity contribution in [2.75, 3.05) is 6.61 Å². The van der Waals surface area contributed by atoms with E-state index in [1.54, 1.807) is 0 Å². The van der Waals surface area contributed by atoms with Gasteiger partial charge in [0, 0.05) is 18.0 Å². The summed E-state index contributed by atoms with van der Waals surface area (Å²) in [6.07, 6.45) is 1.08. The molecule has 1 atom stereocenters. The zero-order chi connectivity index (χ0) is 11.9. The maximum absolute atomic E-state index is 5.57. The molecule has 1 unspecified atom stereocenters. The second kappa shape index (κ2) is 3.73. The molecule has 0 N–H and O–H groups in total. The zero-order valence-electron chi connectivity index (χ0n) is 11.1. The first kappa shape index (κ1) is 12.4. The smallest absolute Gasteiger partial charge is 0.182 e. The van der Waals surface area contributed by atoms with Crippen molar-refractivity contribution >= 4 is 0 Å². The minimum atomic E-state index is 0.0788. The molecule has 15 heavy (non-hydrogen) atoms. The molecule has 2 nitrogen and oxygen atoms in total. The van der Waals surface area contributed by atoms with E-state index < -0.39 is 0 Å². The van der Waals surface area contributed by atoms with Crippen LogP contribution in [-0.4, -0.2) is 23.1 Å². The summed E-state index contributed by atoms with van der Waals surface area (Å²) in [6.45, 7) is 18.3. The molecule has 1 rings (SSSR count). The van der Waals surface area contributed by atoms with Gasteiger partial charge >= 0.3 is 0 Å². The van der Waals surface area contributed by atoms with E-state index in [9.17, 15) is 0 Å². The Kier molecular flexibility index (Phi) is 3.09. The lowest BCUT2D eigenvalue weighted by molar-refractivity contribution is -0.0599. The van der Waals surface area contributed by atoms with Crippen LogP contribution < -0.4 is 0 Å². The van der Waals surface area contributed by atoms with Gasteiger partial charge in [-0.05, 0) is 32.8 Å². The SMILES string of the molecule is C=C1OCCC(C(C)(C)C)N1C(C)(C)C. The third-order valence-corrected chi connectivity index (χ3v) is 2.96. The van der Waals surface area contributed by atoms with E-state index in [0.29, 0.717) is 6.04 Å². The molecule has 0 saturated carbocycles. The van der Waals surface area contributed by atoms with Crippen LogP contribution in [0.2, 0.25) is 0 Å². The highest BCUT2D eigenvalue weighted by Crippen LogP contribution is 2.37. The van der Waals surface area contributed by atoms with Crippen molar-refractivity contribution in [2.45, 2.75) is 59.5 Å². The highest BCUT2D eigenvalue weighted by molar-refractivity contribution is 5.02. The first-order valence-electron chi connectivity index (χ1n) is 5.75. The Morgan fingerprint density at radius 1 is 1.20 bits per heavy atom. The van der Waals surface area contributed by atoms with Gasteiger partial charge in [0.2, 0.25) is 0 Å². The minimum absolute atomic E-state index is 0.0788. The normalized spacial score (nSPS) is 24.0. The molecule has 0 bridgehead atoms. The Bertz CT molecular complexity index is 244. The molecule has 0 aromatic rings. The molecule has 1 saturated heterocycles. The van der Waals surface area contributed by atoms with Gasteiger partial charge in [0.05, 0.1) is 6.61 Å². The highest BCUT2D eigenvalue weighted by Gasteiger charge is 2.39. The van der Waals surface area contributed by atoms with Crippen LogP contribution in [-0.2, 0) is 4.74 Å². The van der Waals surface area contributed by atoms with Crippen LogP contribution in [0, 0.1) is 5.41 Å². The van der Waals surface area contributed by atoms with E-state index >= 15 is 0 Å². The first-order valence-corrected chi connectivity index (χ1v) is 5.75. The van der Waals surface area contributed by atoms with Gasteiger partial charge in [0.1, 0.15) is 0 Å². The maximum atomic E-state index is 5.57. The Balaban J connectivity index is 2.98. The lowest BCUT2D eigenvalue weighted by Crippen LogP contribution is -2.55. The molecular formula is C13H25NO. The largest absolute Gasteiger partial charge is 0.479 e. The van der Waals surface area contributed by atoms with Gasteiger partial charge in [-0.25, -0.2) is 0 Å². The Labute approximate surface area is 94.3 Å². The maximum Gasteiger partial charge on any atom is 0.182 e. The second-order valence-electron chi connectivity index (χ2n) is 6.45. The number of hydrogen-bond acceptors (Lipinski definition) is 2. The summed E-state index contributed by atoms with van der Waals surface area (Å²) >= 11 is 0. The second-order valence-corrected chi connectivity index (χ2v) is 6.45. The van der Waals surface area contributed by atoms with Gasteiger partial charge in [0.25, 0.3) is 0 Å². The van der Waals surface area contributed by atoms with Crippen molar-refractivity contribution in [3.63, 3.8) is 0 Å². The third-order valence-electron chi connectivity index (χ3n) is 2.96. The van der Waals surface area contributed by atoms with E-state index in [1.165, 1.54) is 0 Å². The summed E-state index contributed by atoms with van der Waals surface area (Å²) in [6, 6.07) is 0.513. The monoisotopic (exact) mass is 211 g/mol. The van der Waals surface area contributed by atoms with E-state index in [1.807, 2.05) is 0 Å². The predicted molar refractivity (Wildman–Crippen MR) is 64.5 cm³/mol. The average molecular weight is 211 g/mol. The van der Waals surface area contributed by atoms with Crippen molar-refractivity contribution in [2.24, 2.45) is 5.41 Å². The van der Waals surface area contributed by atoms with Gasteiger partial charge in [-0.15, -0.1) is 0 Å². The molecule has 1 aliphatic heterocycles. The zero-order valence-corrected chi connectivity index (χ0v) is 11.1. The molecule has 1 heterocycles. The molecular weight excluding hydrogens is 186 g/mol. The number of hydrogen-bond donors (Lipinski definition) is 0. The fourth-order valence-electron chi connectivity index (χ4n) is 2.32. The van der Waals surface area contributed by atoms with Crippen LogP contribution in [0.15, 0.2) is 12.5 Å². The van der Waals surface area contributed by atoms with E-state index in [-0.39, 0.29) is 11.0 Å². The van der Waals surface area contributed by atoms with Gasteiger partial charge in [-0.2, -0.15) is 0 Å². The number of nitrogens with zero attached hydrogens (tertiary/aromatic N) is 1. The fourth-order valence-corrected chi connectivity index (χ4v) is 2.32. The summed E-state index contributed by atoms with van der Waals surface area (Å²) in [5.41, 5.74) is 0.343. The standard InChI is InChI=1S/C13H25NO/c1-10-14(13(5,6)7)11(8-9-15-10)12(2,3)4/h11H,1,8-9H2,2-7H3. The molecule has 0 radical (unpaired) electrons. The highest BCUT2D eigenvalue weighted by atomic mass is 16.5. The molecule has 2 heteroatoms. The molecule has 0 aliphatic carbocycles. The summed E-state index contributed by atoms with van der Waals surface area (Å²) in [5, 5.41) is 0. The van der Waals surface area contributed by atoms with Gasteiger partial charge in [-0.3, -0.25) is 0 Å². The summed E-state index contributed by atoms with van der Waals surface area (Å²) in [4.78, 5) is 2.33. The van der Waals surface area contributed by atoms with E-state index in [4.69, 9.17) is 4.74 Å². The van der Waals surface area contributed by atoms with E-state index in [0.717, 1.165) is 18.9 Å². The Morgan fingerprint density at radius 3 is 2.07 bits per heavy atom. The van der Waals surface area contributed by atoms with Crippen LogP contribution in [0.25, 0.3) is 0 Å².